The Labute approximate surface area is 152 Å². The average Bonchev–Trinajstić information content (AvgIpc) is 2.53. The summed E-state index contributed by atoms with van der Waals surface area (Å²) in [7, 11) is 0. The first-order chi connectivity index (χ1) is 11.6. The Balaban J connectivity index is 2.31. The molecule has 0 aliphatic rings. The van der Waals surface area contributed by atoms with Crippen LogP contribution >= 0.6 is 0 Å². The molecule has 136 valence electrons. The van der Waals surface area contributed by atoms with Crippen LogP contribution in [-0.4, -0.2) is 21.4 Å². The van der Waals surface area contributed by atoms with Gasteiger partial charge in [0.15, 0.2) is 0 Å². The molecular weight excluding hydrogens is 308 g/mol. The lowest BCUT2D eigenvalue weighted by Crippen LogP contribution is -2.26. The van der Waals surface area contributed by atoms with Gasteiger partial charge in [0.25, 0.3) is 0 Å². The zero-order valence-electron chi connectivity index (χ0n) is 15.9. The first kappa shape index (κ1) is 19.7. The van der Waals surface area contributed by atoms with Crippen LogP contribution in [0, 0.1) is 0 Å². The van der Waals surface area contributed by atoms with Crippen LogP contribution in [-0.2, 0) is 0 Å². The van der Waals surface area contributed by atoms with Crippen LogP contribution in [0.3, 0.4) is 0 Å². The number of benzene rings is 2. The summed E-state index contributed by atoms with van der Waals surface area (Å²) in [5, 5.41) is 20.8. The van der Waals surface area contributed by atoms with Gasteiger partial charge in [0, 0.05) is 0 Å². The number of hydrogen-bond donors (Lipinski definition) is 2. The van der Waals surface area contributed by atoms with E-state index in [0.29, 0.717) is 12.8 Å². The minimum atomic E-state index is -0.726. The topological polar surface area (TPSA) is 40.5 Å². The van der Waals surface area contributed by atoms with Crippen LogP contribution in [0.1, 0.15) is 69.9 Å². The molecule has 2 unspecified atom stereocenters. The van der Waals surface area contributed by atoms with Crippen LogP contribution < -0.4 is 0 Å². The quantitative estimate of drug-likeness (QED) is 0.687. The van der Waals surface area contributed by atoms with E-state index in [1.807, 2.05) is 39.8 Å². The molecule has 25 heavy (non-hydrogen) atoms. The summed E-state index contributed by atoms with van der Waals surface area (Å²) in [6.07, 6.45) is 2.31. The highest BCUT2D eigenvalue weighted by Gasteiger charge is 2.28. The fourth-order valence-electron chi connectivity index (χ4n) is 3.67. The van der Waals surface area contributed by atoms with Crippen molar-refractivity contribution >= 4 is 0 Å². The van der Waals surface area contributed by atoms with E-state index in [9.17, 15) is 10.2 Å². The third-order valence-corrected chi connectivity index (χ3v) is 4.60. The Kier molecular flexibility index (Phi) is 6.42. The van der Waals surface area contributed by atoms with Crippen LogP contribution in [0.15, 0.2) is 60.7 Å². The van der Waals surface area contributed by atoms with Crippen molar-refractivity contribution < 1.29 is 10.2 Å². The van der Waals surface area contributed by atoms with Crippen LogP contribution in [0.2, 0.25) is 0 Å². The summed E-state index contributed by atoms with van der Waals surface area (Å²) < 4.78 is 0. The van der Waals surface area contributed by atoms with Crippen molar-refractivity contribution in [1.82, 2.24) is 0 Å². The average molecular weight is 341 g/mol. The summed E-state index contributed by atoms with van der Waals surface area (Å²) in [6, 6.07) is 20.8. The van der Waals surface area contributed by atoms with E-state index >= 15 is 0 Å². The van der Waals surface area contributed by atoms with Crippen molar-refractivity contribution in [2.45, 2.75) is 70.0 Å². The van der Waals surface area contributed by atoms with Gasteiger partial charge in [-0.3, -0.25) is 0 Å². The highest BCUT2D eigenvalue weighted by Crippen LogP contribution is 2.39. The number of aliphatic hydroxyl groups is 2. The third-order valence-electron chi connectivity index (χ3n) is 4.60. The molecule has 2 aromatic rings. The van der Waals surface area contributed by atoms with Gasteiger partial charge in [-0.25, -0.2) is 0 Å². The first-order valence-corrected chi connectivity index (χ1v) is 9.19. The van der Waals surface area contributed by atoms with Gasteiger partial charge in [-0.2, -0.15) is 0 Å². The molecule has 2 aromatic carbocycles. The molecule has 0 aliphatic heterocycles. The minimum Gasteiger partial charge on any atom is -0.390 e. The van der Waals surface area contributed by atoms with E-state index in [-0.39, 0.29) is 11.8 Å². The van der Waals surface area contributed by atoms with Gasteiger partial charge in [-0.05, 0) is 69.9 Å². The van der Waals surface area contributed by atoms with E-state index in [2.05, 4.69) is 48.5 Å². The van der Waals surface area contributed by atoms with Gasteiger partial charge >= 0.3 is 0 Å². The maximum atomic E-state index is 10.4. The van der Waals surface area contributed by atoms with E-state index in [1.54, 1.807) is 0 Å². The van der Waals surface area contributed by atoms with Gasteiger partial charge in [0.1, 0.15) is 0 Å². The van der Waals surface area contributed by atoms with Crippen LogP contribution in [0.4, 0.5) is 0 Å². The van der Waals surface area contributed by atoms with E-state index < -0.39 is 11.2 Å². The van der Waals surface area contributed by atoms with Crippen LogP contribution in [0.5, 0.6) is 0 Å². The first-order valence-electron chi connectivity index (χ1n) is 9.19. The monoisotopic (exact) mass is 340 g/mol. The lowest BCUT2D eigenvalue weighted by atomic mass is 9.76. The van der Waals surface area contributed by atoms with Crippen molar-refractivity contribution in [3.05, 3.63) is 71.8 Å². The summed E-state index contributed by atoms with van der Waals surface area (Å²) in [4.78, 5) is 0. The third kappa shape index (κ3) is 7.01. The molecule has 2 rings (SSSR count). The normalized spacial score (nSPS) is 15.0. The fourth-order valence-corrected chi connectivity index (χ4v) is 3.67. The van der Waals surface area contributed by atoms with Gasteiger partial charge in [-0.15, -0.1) is 0 Å². The predicted octanol–water partition coefficient (Wildman–Crippen LogP) is 5.27. The van der Waals surface area contributed by atoms with Crippen molar-refractivity contribution in [3.63, 3.8) is 0 Å². The Morgan fingerprint density at radius 1 is 0.640 bits per heavy atom. The predicted molar refractivity (Wildman–Crippen MR) is 105 cm³/mol. The molecule has 0 bridgehead atoms. The summed E-state index contributed by atoms with van der Waals surface area (Å²) in [6.45, 7) is 7.49. The smallest absolute Gasteiger partial charge is 0.0597 e. The molecule has 0 radical (unpaired) electrons. The zero-order valence-corrected chi connectivity index (χ0v) is 15.9. The molecule has 0 saturated heterocycles. The largest absolute Gasteiger partial charge is 0.390 e. The van der Waals surface area contributed by atoms with Gasteiger partial charge in [-0.1, -0.05) is 60.7 Å². The molecule has 2 heteroatoms. The Morgan fingerprint density at radius 2 is 0.960 bits per heavy atom. The SMILES string of the molecule is CC(C)(O)CC(CC(CC(C)(C)O)c1ccccc1)c1ccccc1. The molecule has 2 atom stereocenters. The van der Waals surface area contributed by atoms with Gasteiger partial charge in [0.05, 0.1) is 11.2 Å². The maximum Gasteiger partial charge on any atom is 0.0597 e. The van der Waals surface area contributed by atoms with E-state index in [1.165, 1.54) is 11.1 Å². The molecule has 0 fully saturated rings. The Hall–Kier alpha value is -1.64. The molecule has 0 aliphatic carbocycles. The molecule has 0 heterocycles. The second kappa shape index (κ2) is 8.16. The highest BCUT2D eigenvalue weighted by atomic mass is 16.3. The van der Waals surface area contributed by atoms with Crippen molar-refractivity contribution in [3.8, 4) is 0 Å². The van der Waals surface area contributed by atoms with Crippen molar-refractivity contribution in [2.24, 2.45) is 0 Å². The minimum absolute atomic E-state index is 0.244. The summed E-state index contributed by atoms with van der Waals surface area (Å²) in [5.74, 6) is 0.488. The van der Waals surface area contributed by atoms with Crippen molar-refractivity contribution in [2.75, 3.05) is 0 Å². The highest BCUT2D eigenvalue weighted by molar-refractivity contribution is 5.24. The number of rotatable bonds is 8. The summed E-state index contributed by atoms with van der Waals surface area (Å²) in [5.41, 5.74) is 1.05. The molecule has 0 aromatic heterocycles. The Morgan fingerprint density at radius 3 is 1.24 bits per heavy atom. The second-order valence-electron chi connectivity index (χ2n) is 8.48. The zero-order chi connectivity index (χ0) is 18.5. The van der Waals surface area contributed by atoms with E-state index in [0.717, 1.165) is 6.42 Å². The number of hydrogen-bond acceptors (Lipinski definition) is 2. The van der Waals surface area contributed by atoms with Gasteiger partial charge < -0.3 is 10.2 Å². The fraction of sp³-hybridized carbons (Fsp3) is 0.478. The molecular formula is C23H32O2. The molecule has 0 amide bonds. The van der Waals surface area contributed by atoms with Crippen molar-refractivity contribution in [1.29, 1.82) is 0 Å². The molecule has 0 spiro atoms. The molecule has 0 saturated carbocycles. The lowest BCUT2D eigenvalue weighted by Gasteiger charge is -2.31. The standard InChI is InChI=1S/C23H32O2/c1-22(2,24)16-20(18-11-7-5-8-12-18)15-21(17-23(3,4)25)19-13-9-6-10-14-19/h5-14,20-21,24-25H,15-17H2,1-4H3. The van der Waals surface area contributed by atoms with E-state index in [4.69, 9.17) is 0 Å². The second-order valence-corrected chi connectivity index (χ2v) is 8.48. The lowest BCUT2D eigenvalue weighted by molar-refractivity contribution is 0.0509. The maximum absolute atomic E-state index is 10.4. The Bertz CT molecular complexity index is 563. The molecule has 2 N–H and O–H groups in total. The van der Waals surface area contributed by atoms with Crippen LogP contribution in [0.25, 0.3) is 0 Å². The van der Waals surface area contributed by atoms with Gasteiger partial charge in [0.2, 0.25) is 0 Å². The molecule has 2 nitrogen and oxygen atoms in total. The summed E-state index contributed by atoms with van der Waals surface area (Å²) >= 11 is 0.